The Morgan fingerprint density at radius 2 is 1.75 bits per heavy atom. The zero-order valence-electron chi connectivity index (χ0n) is 15.0. The molecule has 0 aromatic rings. The van der Waals surface area contributed by atoms with E-state index in [9.17, 15) is 9.59 Å². The first-order valence-corrected chi connectivity index (χ1v) is 8.46. The van der Waals surface area contributed by atoms with Crippen molar-refractivity contribution in [1.29, 1.82) is 0 Å². The van der Waals surface area contributed by atoms with Gasteiger partial charge in [0.25, 0.3) is 0 Å². The van der Waals surface area contributed by atoms with E-state index >= 15 is 0 Å². The number of hydrogen-bond acceptors (Lipinski definition) is 4. The van der Waals surface area contributed by atoms with Crippen LogP contribution in [0.25, 0.3) is 0 Å². The fourth-order valence-electron chi connectivity index (χ4n) is 2.66. The maximum absolute atomic E-state index is 11.7. The molecule has 0 aromatic carbocycles. The van der Waals surface area contributed by atoms with Crippen molar-refractivity contribution in [2.45, 2.75) is 46.1 Å². The number of nitrogens with zero attached hydrogens (tertiary/aromatic N) is 1. The van der Waals surface area contributed by atoms with Gasteiger partial charge in [0.15, 0.2) is 0 Å². The van der Waals surface area contributed by atoms with Gasteiger partial charge in [-0.3, -0.25) is 9.59 Å². The number of halogens is 2. The van der Waals surface area contributed by atoms with Crippen molar-refractivity contribution in [3.05, 3.63) is 0 Å². The summed E-state index contributed by atoms with van der Waals surface area (Å²) in [4.78, 5) is 25.8. The van der Waals surface area contributed by atoms with Gasteiger partial charge in [-0.1, -0.05) is 20.8 Å². The number of amides is 2. The molecule has 1 heterocycles. The average molecular weight is 385 g/mol. The lowest BCUT2D eigenvalue weighted by atomic mass is 9.93. The molecule has 4 N–H and O–H groups in total. The highest BCUT2D eigenvalue weighted by atomic mass is 35.5. The number of nitrogens with two attached hydrogens (primary N) is 1. The Labute approximate surface area is 158 Å². The molecule has 8 heteroatoms. The SMILES string of the molecule is CCN1CCC(CCNC(=O)CNC(=O)[C@@H](N)C(C)C)CC1.Cl.Cl. The van der Waals surface area contributed by atoms with E-state index < -0.39 is 6.04 Å². The van der Waals surface area contributed by atoms with Gasteiger partial charge in [0.2, 0.25) is 11.8 Å². The third-order valence-electron chi connectivity index (χ3n) is 4.47. The Hall–Kier alpha value is -0.560. The van der Waals surface area contributed by atoms with Crippen LogP contribution in [-0.4, -0.2) is 55.5 Å². The molecule has 0 bridgehead atoms. The summed E-state index contributed by atoms with van der Waals surface area (Å²) in [6.07, 6.45) is 3.44. The highest BCUT2D eigenvalue weighted by molar-refractivity contribution is 5.87. The molecule has 0 aromatic heterocycles. The van der Waals surface area contributed by atoms with Crippen LogP contribution in [0.2, 0.25) is 0 Å². The van der Waals surface area contributed by atoms with Crippen LogP contribution in [0.1, 0.15) is 40.0 Å². The third kappa shape index (κ3) is 9.67. The van der Waals surface area contributed by atoms with Crippen LogP contribution in [0.3, 0.4) is 0 Å². The van der Waals surface area contributed by atoms with Crippen molar-refractivity contribution in [3.8, 4) is 0 Å². The summed E-state index contributed by atoms with van der Waals surface area (Å²) in [6, 6.07) is -0.559. The first-order chi connectivity index (χ1) is 10.4. The summed E-state index contributed by atoms with van der Waals surface area (Å²) in [7, 11) is 0. The first kappa shape index (κ1) is 25.7. The number of hydrogen-bond donors (Lipinski definition) is 3. The number of rotatable bonds is 8. The summed E-state index contributed by atoms with van der Waals surface area (Å²) in [5, 5.41) is 5.45. The monoisotopic (exact) mass is 384 g/mol. The highest BCUT2D eigenvalue weighted by Gasteiger charge is 2.19. The van der Waals surface area contributed by atoms with Crippen LogP contribution in [0.5, 0.6) is 0 Å². The largest absolute Gasteiger partial charge is 0.355 e. The van der Waals surface area contributed by atoms with Gasteiger partial charge in [0, 0.05) is 6.54 Å². The van der Waals surface area contributed by atoms with Crippen LogP contribution in [0, 0.1) is 11.8 Å². The lowest BCUT2D eigenvalue weighted by molar-refractivity contribution is -0.127. The Kier molecular flexibility index (Phi) is 14.7. The molecular weight excluding hydrogens is 351 g/mol. The minimum absolute atomic E-state index is 0. The molecule has 0 saturated carbocycles. The normalized spacial score (nSPS) is 16.7. The molecule has 24 heavy (non-hydrogen) atoms. The molecule has 0 unspecified atom stereocenters. The fraction of sp³-hybridized carbons (Fsp3) is 0.875. The number of carbonyl (C=O) groups is 2. The van der Waals surface area contributed by atoms with E-state index in [1.807, 2.05) is 13.8 Å². The maximum Gasteiger partial charge on any atom is 0.239 e. The van der Waals surface area contributed by atoms with Crippen LogP contribution >= 0.6 is 24.8 Å². The van der Waals surface area contributed by atoms with Gasteiger partial charge in [-0.05, 0) is 50.7 Å². The van der Waals surface area contributed by atoms with Gasteiger partial charge < -0.3 is 21.3 Å². The molecule has 1 aliphatic heterocycles. The van der Waals surface area contributed by atoms with E-state index in [2.05, 4.69) is 22.5 Å². The van der Waals surface area contributed by atoms with Crippen LogP contribution in [0.15, 0.2) is 0 Å². The first-order valence-electron chi connectivity index (χ1n) is 8.46. The zero-order chi connectivity index (χ0) is 16.5. The summed E-state index contributed by atoms with van der Waals surface area (Å²) in [5.74, 6) is 0.358. The number of carbonyl (C=O) groups excluding carboxylic acids is 2. The Morgan fingerprint density at radius 3 is 2.25 bits per heavy atom. The molecule has 144 valence electrons. The van der Waals surface area contributed by atoms with Gasteiger partial charge in [0.1, 0.15) is 0 Å². The van der Waals surface area contributed by atoms with Gasteiger partial charge >= 0.3 is 0 Å². The quantitative estimate of drug-likeness (QED) is 0.585. The molecule has 0 spiro atoms. The lowest BCUT2D eigenvalue weighted by Gasteiger charge is -2.31. The molecule has 1 atom stereocenters. The molecule has 2 amide bonds. The summed E-state index contributed by atoms with van der Waals surface area (Å²) in [6.45, 7) is 10.1. The van der Waals surface area contributed by atoms with E-state index in [-0.39, 0.29) is 49.1 Å². The maximum atomic E-state index is 11.7. The molecule has 1 fully saturated rings. The molecular formula is C16H34Cl2N4O2. The van der Waals surface area contributed by atoms with E-state index in [1.54, 1.807) is 0 Å². The zero-order valence-corrected chi connectivity index (χ0v) is 16.7. The second-order valence-electron chi connectivity index (χ2n) is 6.50. The highest BCUT2D eigenvalue weighted by Crippen LogP contribution is 2.19. The molecule has 6 nitrogen and oxygen atoms in total. The van der Waals surface area contributed by atoms with Gasteiger partial charge in [0.05, 0.1) is 12.6 Å². The predicted octanol–water partition coefficient (Wildman–Crippen LogP) is 1.17. The van der Waals surface area contributed by atoms with E-state index in [0.717, 1.165) is 26.1 Å². The summed E-state index contributed by atoms with van der Waals surface area (Å²) >= 11 is 0. The summed E-state index contributed by atoms with van der Waals surface area (Å²) < 4.78 is 0. The van der Waals surface area contributed by atoms with E-state index in [1.165, 1.54) is 12.8 Å². The van der Waals surface area contributed by atoms with Crippen molar-refractivity contribution < 1.29 is 9.59 Å². The predicted molar refractivity (Wildman–Crippen MR) is 103 cm³/mol. The van der Waals surface area contributed by atoms with Crippen molar-refractivity contribution in [3.63, 3.8) is 0 Å². The second-order valence-corrected chi connectivity index (χ2v) is 6.50. The number of nitrogens with one attached hydrogen (secondary N) is 2. The fourth-order valence-corrected chi connectivity index (χ4v) is 2.66. The molecule has 0 aliphatic carbocycles. The average Bonchev–Trinajstić information content (AvgIpc) is 2.52. The van der Waals surface area contributed by atoms with Gasteiger partial charge in [-0.2, -0.15) is 0 Å². The van der Waals surface area contributed by atoms with Crippen LogP contribution in [0.4, 0.5) is 0 Å². The van der Waals surface area contributed by atoms with Crippen molar-refractivity contribution in [1.82, 2.24) is 15.5 Å². The van der Waals surface area contributed by atoms with Gasteiger partial charge in [-0.15, -0.1) is 24.8 Å². The van der Waals surface area contributed by atoms with Gasteiger partial charge in [-0.25, -0.2) is 0 Å². The number of piperidine rings is 1. The van der Waals surface area contributed by atoms with Crippen molar-refractivity contribution in [2.75, 3.05) is 32.7 Å². The molecule has 1 aliphatic rings. The minimum atomic E-state index is -0.559. The van der Waals surface area contributed by atoms with E-state index in [0.29, 0.717) is 12.5 Å². The van der Waals surface area contributed by atoms with Crippen LogP contribution in [-0.2, 0) is 9.59 Å². The smallest absolute Gasteiger partial charge is 0.239 e. The second kappa shape index (κ2) is 13.7. The summed E-state index contributed by atoms with van der Waals surface area (Å²) in [5.41, 5.74) is 5.72. The Balaban J connectivity index is 0. The van der Waals surface area contributed by atoms with E-state index in [4.69, 9.17) is 5.73 Å². The van der Waals surface area contributed by atoms with Crippen molar-refractivity contribution >= 4 is 36.6 Å². The Morgan fingerprint density at radius 1 is 1.17 bits per heavy atom. The van der Waals surface area contributed by atoms with Crippen LogP contribution < -0.4 is 16.4 Å². The lowest BCUT2D eigenvalue weighted by Crippen LogP contribution is -2.47. The third-order valence-corrected chi connectivity index (χ3v) is 4.47. The minimum Gasteiger partial charge on any atom is -0.355 e. The number of likely N-dealkylation sites (tertiary alicyclic amines) is 1. The van der Waals surface area contributed by atoms with Crippen molar-refractivity contribution in [2.24, 2.45) is 17.6 Å². The molecule has 1 rings (SSSR count). The Bertz CT molecular complexity index is 362. The molecule has 1 saturated heterocycles. The molecule has 0 radical (unpaired) electrons. The standard InChI is InChI=1S/C16H32N4O2.2ClH/c1-4-20-9-6-13(7-10-20)5-8-18-14(21)11-19-16(22)15(17)12(2)3;;/h12-13,15H,4-11,17H2,1-3H3,(H,18,21)(H,19,22);2*1H/t15-;;/m0../s1. The topological polar surface area (TPSA) is 87.5 Å².